The summed E-state index contributed by atoms with van der Waals surface area (Å²) in [5, 5.41) is 3.04. The molecule has 2 aliphatic carbocycles. The van der Waals surface area contributed by atoms with Crippen molar-refractivity contribution in [1.29, 1.82) is 0 Å². The first kappa shape index (κ1) is 12.2. The van der Waals surface area contributed by atoms with E-state index in [1.165, 1.54) is 25.7 Å². The normalized spacial score (nSPS) is 34.0. The molecular weight excluding hydrogens is 222 g/mol. The van der Waals surface area contributed by atoms with E-state index < -0.39 is 0 Å². The van der Waals surface area contributed by atoms with E-state index in [9.17, 15) is 4.79 Å². The third kappa shape index (κ3) is 2.91. The fourth-order valence-electron chi connectivity index (χ4n) is 3.43. The number of alkyl halides is 1. The third-order valence-electron chi connectivity index (χ3n) is 4.28. The summed E-state index contributed by atoms with van der Waals surface area (Å²) >= 11 is 5.65. The monoisotopic (exact) mass is 243 g/mol. The van der Waals surface area contributed by atoms with E-state index in [1.807, 2.05) is 6.92 Å². The average molecular weight is 244 g/mol. The van der Waals surface area contributed by atoms with Gasteiger partial charge in [0.2, 0.25) is 5.91 Å². The van der Waals surface area contributed by atoms with Gasteiger partial charge in [0.1, 0.15) is 0 Å². The third-order valence-corrected chi connectivity index (χ3v) is 4.50. The molecule has 0 aromatic rings. The zero-order valence-electron chi connectivity index (χ0n) is 10.0. The minimum Gasteiger partial charge on any atom is -0.354 e. The average Bonchev–Trinajstić information content (AvgIpc) is 2.78. The molecule has 0 saturated heterocycles. The second kappa shape index (κ2) is 5.39. The molecule has 92 valence electrons. The summed E-state index contributed by atoms with van der Waals surface area (Å²) in [4.78, 5) is 11.8. The predicted molar refractivity (Wildman–Crippen MR) is 66.5 cm³/mol. The van der Waals surface area contributed by atoms with Crippen molar-refractivity contribution in [1.82, 2.24) is 5.32 Å². The quantitative estimate of drug-likeness (QED) is 0.740. The van der Waals surface area contributed by atoms with Gasteiger partial charge >= 0.3 is 0 Å². The molecule has 2 nitrogen and oxygen atoms in total. The van der Waals surface area contributed by atoms with Crippen LogP contribution in [0.1, 0.15) is 45.4 Å². The van der Waals surface area contributed by atoms with Gasteiger partial charge in [-0.3, -0.25) is 4.79 Å². The van der Waals surface area contributed by atoms with Crippen molar-refractivity contribution >= 4 is 17.5 Å². The maximum absolute atomic E-state index is 11.8. The molecule has 1 N–H and O–H groups in total. The molecular formula is C13H22ClNO. The molecule has 2 saturated carbocycles. The highest BCUT2D eigenvalue weighted by atomic mass is 35.5. The first-order valence-corrected chi connectivity index (χ1v) is 7.07. The summed E-state index contributed by atoms with van der Waals surface area (Å²) in [7, 11) is 0. The van der Waals surface area contributed by atoms with Crippen molar-refractivity contribution in [3.63, 3.8) is 0 Å². The molecule has 0 spiro atoms. The van der Waals surface area contributed by atoms with Crippen molar-refractivity contribution in [2.45, 2.75) is 51.5 Å². The van der Waals surface area contributed by atoms with Crippen LogP contribution in [0.5, 0.6) is 0 Å². The molecule has 4 unspecified atom stereocenters. The number of carbonyl (C=O) groups excluding carboxylic acids is 1. The Hall–Kier alpha value is -0.240. The highest BCUT2D eigenvalue weighted by Crippen LogP contribution is 2.49. The van der Waals surface area contributed by atoms with Crippen molar-refractivity contribution in [3.8, 4) is 0 Å². The van der Waals surface area contributed by atoms with Crippen LogP contribution >= 0.6 is 11.6 Å². The molecule has 2 bridgehead atoms. The van der Waals surface area contributed by atoms with Crippen LogP contribution in [0.2, 0.25) is 0 Å². The molecule has 3 heteroatoms. The van der Waals surface area contributed by atoms with E-state index in [-0.39, 0.29) is 11.9 Å². The molecule has 1 amide bonds. The summed E-state index contributed by atoms with van der Waals surface area (Å²) in [5.41, 5.74) is 0. The fraction of sp³-hybridized carbons (Fsp3) is 0.923. The zero-order valence-corrected chi connectivity index (χ0v) is 10.8. The maximum Gasteiger partial charge on any atom is 0.220 e. The molecule has 16 heavy (non-hydrogen) atoms. The molecule has 0 heterocycles. The van der Waals surface area contributed by atoms with Gasteiger partial charge in [-0.15, -0.1) is 11.6 Å². The maximum atomic E-state index is 11.8. The number of fused-ring (bicyclic) bond motifs is 2. The van der Waals surface area contributed by atoms with Crippen LogP contribution in [0.15, 0.2) is 0 Å². The molecule has 2 aliphatic rings. The van der Waals surface area contributed by atoms with E-state index in [2.05, 4.69) is 5.32 Å². The minimum absolute atomic E-state index is 0.226. The van der Waals surface area contributed by atoms with Gasteiger partial charge in [-0.1, -0.05) is 6.42 Å². The zero-order chi connectivity index (χ0) is 11.5. The van der Waals surface area contributed by atoms with Gasteiger partial charge in [-0.05, 0) is 50.4 Å². The number of hydrogen-bond acceptors (Lipinski definition) is 1. The highest BCUT2D eigenvalue weighted by molar-refractivity contribution is 6.17. The van der Waals surface area contributed by atoms with E-state index in [1.54, 1.807) is 0 Å². The number of amides is 1. The van der Waals surface area contributed by atoms with E-state index >= 15 is 0 Å². The van der Waals surface area contributed by atoms with Crippen LogP contribution in [0.25, 0.3) is 0 Å². The smallest absolute Gasteiger partial charge is 0.220 e. The van der Waals surface area contributed by atoms with Crippen molar-refractivity contribution in [2.24, 2.45) is 17.8 Å². The van der Waals surface area contributed by atoms with Crippen LogP contribution in [-0.4, -0.2) is 17.8 Å². The predicted octanol–water partition coefficient (Wildman–Crippen LogP) is 2.95. The molecule has 2 fully saturated rings. The van der Waals surface area contributed by atoms with Gasteiger partial charge in [-0.25, -0.2) is 0 Å². The second-order valence-corrected chi connectivity index (χ2v) is 5.96. The lowest BCUT2D eigenvalue weighted by atomic mass is 9.86. The Kier molecular flexibility index (Phi) is 4.12. The summed E-state index contributed by atoms with van der Waals surface area (Å²) in [6.07, 6.45) is 7.06. The van der Waals surface area contributed by atoms with E-state index in [0.717, 1.165) is 24.7 Å². The Morgan fingerprint density at radius 2 is 2.25 bits per heavy atom. The number of hydrogen-bond donors (Lipinski definition) is 1. The van der Waals surface area contributed by atoms with Crippen LogP contribution in [0.4, 0.5) is 0 Å². The fourth-order valence-corrected chi connectivity index (χ4v) is 3.76. The van der Waals surface area contributed by atoms with Gasteiger partial charge in [0.05, 0.1) is 0 Å². The number of nitrogens with one attached hydrogen (secondary N) is 1. The van der Waals surface area contributed by atoms with Gasteiger partial charge < -0.3 is 5.32 Å². The summed E-state index contributed by atoms with van der Waals surface area (Å²) in [5.74, 6) is 3.30. The molecule has 0 aromatic carbocycles. The SMILES string of the molecule is CC(CCCl)NC(=O)CC1CC2CCC1C2. The Balaban J connectivity index is 1.71. The Morgan fingerprint density at radius 3 is 2.81 bits per heavy atom. The lowest BCUT2D eigenvalue weighted by molar-refractivity contribution is -0.123. The summed E-state index contributed by atoms with van der Waals surface area (Å²) in [6.45, 7) is 2.03. The van der Waals surface area contributed by atoms with Crippen LogP contribution < -0.4 is 5.32 Å². The highest BCUT2D eigenvalue weighted by Gasteiger charge is 2.40. The molecule has 0 aliphatic heterocycles. The van der Waals surface area contributed by atoms with Crippen molar-refractivity contribution < 1.29 is 4.79 Å². The first-order chi connectivity index (χ1) is 7.69. The Morgan fingerprint density at radius 1 is 1.44 bits per heavy atom. The Bertz CT molecular complexity index is 256. The van der Waals surface area contributed by atoms with Gasteiger partial charge in [0.25, 0.3) is 0 Å². The minimum atomic E-state index is 0.226. The molecule has 0 radical (unpaired) electrons. The first-order valence-electron chi connectivity index (χ1n) is 6.54. The lowest BCUT2D eigenvalue weighted by Crippen LogP contribution is -2.34. The topological polar surface area (TPSA) is 29.1 Å². The standard InChI is InChI=1S/C13H22ClNO/c1-9(4-5-14)15-13(16)8-12-7-10-2-3-11(12)6-10/h9-12H,2-8H2,1H3,(H,15,16). The second-order valence-electron chi connectivity index (χ2n) is 5.59. The van der Waals surface area contributed by atoms with Crippen LogP contribution in [0.3, 0.4) is 0 Å². The molecule has 4 atom stereocenters. The number of rotatable bonds is 5. The van der Waals surface area contributed by atoms with Crippen molar-refractivity contribution in [2.75, 3.05) is 5.88 Å². The molecule has 0 aromatic heterocycles. The van der Waals surface area contributed by atoms with E-state index in [0.29, 0.717) is 11.8 Å². The lowest BCUT2D eigenvalue weighted by Gasteiger charge is -2.22. The largest absolute Gasteiger partial charge is 0.354 e. The van der Waals surface area contributed by atoms with Gasteiger partial charge in [-0.2, -0.15) is 0 Å². The van der Waals surface area contributed by atoms with Gasteiger partial charge in [0.15, 0.2) is 0 Å². The number of carbonyl (C=O) groups is 1. The summed E-state index contributed by atoms with van der Waals surface area (Å²) in [6, 6.07) is 0.226. The Labute approximate surface area is 103 Å². The molecule has 2 rings (SSSR count). The number of halogens is 1. The van der Waals surface area contributed by atoms with E-state index in [4.69, 9.17) is 11.6 Å². The van der Waals surface area contributed by atoms with Crippen LogP contribution in [0, 0.1) is 17.8 Å². The summed E-state index contributed by atoms with van der Waals surface area (Å²) < 4.78 is 0. The van der Waals surface area contributed by atoms with Crippen LogP contribution in [-0.2, 0) is 4.79 Å². The van der Waals surface area contributed by atoms with Crippen molar-refractivity contribution in [3.05, 3.63) is 0 Å². The van der Waals surface area contributed by atoms with Gasteiger partial charge in [0, 0.05) is 18.3 Å².